The maximum atomic E-state index is 13.4. The molecule has 0 saturated carbocycles. The van der Waals surface area contributed by atoms with E-state index in [-0.39, 0.29) is 5.92 Å². The first kappa shape index (κ1) is 20.5. The zero-order valence-corrected chi connectivity index (χ0v) is 17.4. The maximum absolute atomic E-state index is 13.4. The van der Waals surface area contributed by atoms with Crippen LogP contribution in [0, 0.1) is 26.7 Å². The Morgan fingerprint density at radius 2 is 1.68 bits per heavy atom. The Morgan fingerprint density at radius 3 is 2.25 bits per heavy atom. The Hall–Kier alpha value is -2.21. The van der Waals surface area contributed by atoms with E-state index < -0.39 is 22.1 Å². The van der Waals surface area contributed by atoms with Crippen molar-refractivity contribution in [1.29, 1.82) is 0 Å². The molecule has 0 amide bonds. The molecule has 28 heavy (non-hydrogen) atoms. The molecule has 0 fully saturated rings. The second kappa shape index (κ2) is 8.43. The van der Waals surface area contributed by atoms with Gasteiger partial charge in [-0.15, -0.1) is 0 Å². The first-order chi connectivity index (χ1) is 13.3. The SMILES string of the molecule is Cc1cc(C)c(S(=O)(=O)N[C@@H](C2C=CC=CC2)[C@@H](N)c2ccccc2)c(C)c1. The minimum absolute atomic E-state index is 0.0129. The van der Waals surface area contributed by atoms with Crippen LogP contribution in [-0.4, -0.2) is 14.5 Å². The third kappa shape index (κ3) is 4.43. The molecule has 2 aromatic rings. The molecule has 4 nitrogen and oxygen atoms in total. The molecule has 148 valence electrons. The third-order valence-electron chi connectivity index (χ3n) is 5.21. The summed E-state index contributed by atoms with van der Waals surface area (Å²) in [7, 11) is -3.73. The first-order valence-electron chi connectivity index (χ1n) is 9.53. The van der Waals surface area contributed by atoms with Crippen LogP contribution >= 0.6 is 0 Å². The molecule has 0 radical (unpaired) electrons. The zero-order chi connectivity index (χ0) is 20.3. The van der Waals surface area contributed by atoms with Crippen molar-refractivity contribution in [3.63, 3.8) is 0 Å². The van der Waals surface area contributed by atoms with E-state index in [2.05, 4.69) is 4.72 Å². The van der Waals surface area contributed by atoms with E-state index >= 15 is 0 Å². The quantitative estimate of drug-likeness (QED) is 0.772. The van der Waals surface area contributed by atoms with Gasteiger partial charge in [0.05, 0.1) is 4.90 Å². The fraction of sp³-hybridized carbons (Fsp3) is 0.304. The minimum Gasteiger partial charge on any atom is -0.323 e. The Balaban J connectivity index is 1.99. The van der Waals surface area contributed by atoms with Crippen LogP contribution in [0.25, 0.3) is 0 Å². The van der Waals surface area contributed by atoms with Crippen LogP contribution in [0.3, 0.4) is 0 Å². The van der Waals surface area contributed by atoms with Crippen LogP contribution in [0.1, 0.15) is 34.7 Å². The number of aryl methyl sites for hydroxylation is 3. The van der Waals surface area contributed by atoms with Gasteiger partial charge in [-0.25, -0.2) is 13.1 Å². The molecule has 0 heterocycles. The van der Waals surface area contributed by atoms with Crippen molar-refractivity contribution >= 4 is 10.0 Å². The summed E-state index contributed by atoms with van der Waals surface area (Å²) in [5.74, 6) is -0.0129. The highest BCUT2D eigenvalue weighted by atomic mass is 32.2. The lowest BCUT2D eigenvalue weighted by atomic mass is 9.86. The van der Waals surface area contributed by atoms with Crippen LogP contribution in [0.5, 0.6) is 0 Å². The van der Waals surface area contributed by atoms with Crippen molar-refractivity contribution in [2.75, 3.05) is 0 Å². The molecule has 3 N–H and O–H groups in total. The lowest BCUT2D eigenvalue weighted by Gasteiger charge is -2.32. The molecule has 0 aromatic heterocycles. The van der Waals surface area contributed by atoms with Crippen LogP contribution in [-0.2, 0) is 10.0 Å². The topological polar surface area (TPSA) is 72.2 Å². The number of sulfonamides is 1. The summed E-state index contributed by atoms with van der Waals surface area (Å²) in [4.78, 5) is 0.346. The summed E-state index contributed by atoms with van der Waals surface area (Å²) in [5, 5.41) is 0. The van der Waals surface area contributed by atoms with Gasteiger partial charge in [-0.05, 0) is 49.8 Å². The summed E-state index contributed by atoms with van der Waals surface area (Å²) in [6.07, 6.45) is 8.76. The molecule has 3 atom stereocenters. The van der Waals surface area contributed by atoms with Crippen molar-refractivity contribution in [2.45, 2.75) is 44.2 Å². The summed E-state index contributed by atoms with van der Waals surface area (Å²) in [5.41, 5.74) is 10.0. The van der Waals surface area contributed by atoms with Gasteiger partial charge in [-0.1, -0.05) is 72.3 Å². The predicted octanol–water partition coefficient (Wildman–Crippen LogP) is 4.09. The molecular weight excluding hydrogens is 368 g/mol. The predicted molar refractivity (Wildman–Crippen MR) is 115 cm³/mol. The maximum Gasteiger partial charge on any atom is 0.241 e. The summed E-state index contributed by atoms with van der Waals surface area (Å²) in [6.45, 7) is 5.64. The van der Waals surface area contributed by atoms with Crippen molar-refractivity contribution in [1.82, 2.24) is 4.72 Å². The second-order valence-electron chi connectivity index (χ2n) is 7.52. The monoisotopic (exact) mass is 396 g/mol. The average Bonchev–Trinajstić information content (AvgIpc) is 2.66. The van der Waals surface area contributed by atoms with Crippen molar-refractivity contribution in [3.05, 3.63) is 89.0 Å². The van der Waals surface area contributed by atoms with Crippen LogP contribution in [0.4, 0.5) is 0 Å². The molecule has 0 aliphatic heterocycles. The molecule has 0 bridgehead atoms. The van der Waals surface area contributed by atoms with E-state index in [1.807, 2.05) is 87.5 Å². The van der Waals surface area contributed by atoms with E-state index in [0.717, 1.165) is 28.7 Å². The smallest absolute Gasteiger partial charge is 0.241 e. The Bertz CT molecular complexity index is 972. The number of allylic oxidation sites excluding steroid dienone is 3. The van der Waals surface area contributed by atoms with E-state index in [0.29, 0.717) is 4.90 Å². The van der Waals surface area contributed by atoms with E-state index in [4.69, 9.17) is 5.73 Å². The number of hydrogen-bond donors (Lipinski definition) is 2. The second-order valence-corrected chi connectivity index (χ2v) is 9.17. The molecule has 0 saturated heterocycles. The van der Waals surface area contributed by atoms with Crippen molar-refractivity contribution in [2.24, 2.45) is 11.7 Å². The fourth-order valence-electron chi connectivity index (χ4n) is 4.00. The highest BCUT2D eigenvalue weighted by molar-refractivity contribution is 7.89. The molecule has 1 aliphatic carbocycles. The number of benzene rings is 2. The van der Waals surface area contributed by atoms with Gasteiger partial charge in [0.2, 0.25) is 10.0 Å². The van der Waals surface area contributed by atoms with Crippen LogP contribution in [0.15, 0.2) is 71.7 Å². The van der Waals surface area contributed by atoms with Gasteiger partial charge in [0, 0.05) is 12.1 Å². The van der Waals surface area contributed by atoms with E-state index in [1.165, 1.54) is 0 Å². The molecular formula is C23H28N2O2S. The van der Waals surface area contributed by atoms with Gasteiger partial charge in [0.15, 0.2) is 0 Å². The lowest BCUT2D eigenvalue weighted by molar-refractivity contribution is 0.396. The number of rotatable bonds is 6. The standard InChI is InChI=1S/C23H28N2O2S/c1-16-14-17(2)23(18(3)15-16)28(26,27)25-22(20-12-8-5-9-13-20)21(24)19-10-6-4-7-11-19/h4-12,14-15,20-22,25H,13,24H2,1-3H3/t20?,21-,22-/m0/s1. The Morgan fingerprint density at radius 1 is 1.04 bits per heavy atom. The van der Waals surface area contributed by atoms with Crippen LogP contribution < -0.4 is 10.5 Å². The third-order valence-corrected chi connectivity index (χ3v) is 6.97. The Kier molecular flexibility index (Phi) is 6.18. The molecule has 0 spiro atoms. The van der Waals surface area contributed by atoms with Crippen LogP contribution in [0.2, 0.25) is 0 Å². The molecule has 2 aromatic carbocycles. The highest BCUT2D eigenvalue weighted by Gasteiger charge is 2.32. The number of nitrogens with one attached hydrogen (secondary N) is 1. The van der Waals surface area contributed by atoms with Gasteiger partial charge < -0.3 is 5.73 Å². The summed E-state index contributed by atoms with van der Waals surface area (Å²) in [6, 6.07) is 12.5. The van der Waals surface area contributed by atoms with Gasteiger partial charge in [0.1, 0.15) is 0 Å². The van der Waals surface area contributed by atoms with Crippen molar-refractivity contribution < 1.29 is 8.42 Å². The Labute approximate surface area is 168 Å². The summed E-state index contributed by atoms with van der Waals surface area (Å²) < 4.78 is 29.7. The lowest BCUT2D eigenvalue weighted by Crippen LogP contribution is -2.47. The highest BCUT2D eigenvalue weighted by Crippen LogP contribution is 2.29. The molecule has 5 heteroatoms. The van der Waals surface area contributed by atoms with Gasteiger partial charge in [-0.3, -0.25) is 0 Å². The molecule has 3 rings (SSSR count). The normalized spacial score (nSPS) is 18.8. The number of nitrogens with two attached hydrogens (primary N) is 1. The van der Waals surface area contributed by atoms with Gasteiger partial charge in [0.25, 0.3) is 0 Å². The first-order valence-corrected chi connectivity index (χ1v) is 11.0. The van der Waals surface area contributed by atoms with Gasteiger partial charge >= 0.3 is 0 Å². The largest absolute Gasteiger partial charge is 0.323 e. The fourth-order valence-corrected chi connectivity index (χ4v) is 5.77. The zero-order valence-electron chi connectivity index (χ0n) is 16.6. The van der Waals surface area contributed by atoms with E-state index in [1.54, 1.807) is 0 Å². The molecule has 1 aliphatic rings. The minimum atomic E-state index is -3.73. The average molecular weight is 397 g/mol. The van der Waals surface area contributed by atoms with E-state index in [9.17, 15) is 8.42 Å². The number of hydrogen-bond acceptors (Lipinski definition) is 3. The molecule has 1 unspecified atom stereocenters. The van der Waals surface area contributed by atoms with Gasteiger partial charge in [-0.2, -0.15) is 0 Å². The van der Waals surface area contributed by atoms with Crippen molar-refractivity contribution in [3.8, 4) is 0 Å². The summed E-state index contributed by atoms with van der Waals surface area (Å²) >= 11 is 0.